The quantitative estimate of drug-likeness (QED) is 0.494. The molecule has 0 aromatic carbocycles. The van der Waals surface area contributed by atoms with Crippen molar-refractivity contribution >= 4 is 11.9 Å². The van der Waals surface area contributed by atoms with E-state index >= 15 is 0 Å². The molecule has 27 heavy (non-hydrogen) atoms. The topological polar surface area (TPSA) is 52.6 Å². The molecular weight excluding hydrogens is 361 g/mol. The van der Waals surface area contributed by atoms with Crippen LogP contribution in [-0.2, 0) is 19.1 Å². The maximum atomic E-state index is 13.0. The lowest BCUT2D eigenvalue weighted by Crippen LogP contribution is -2.50. The molecule has 0 N–H and O–H groups in total. The number of carbonyl (C=O) groups excluding carboxylic acids is 2. The first-order valence-electron chi connectivity index (χ1n) is 9.53. The molecule has 4 nitrogen and oxygen atoms in total. The number of halogens is 3. The van der Waals surface area contributed by atoms with Crippen molar-refractivity contribution in [2.24, 2.45) is 23.2 Å². The van der Waals surface area contributed by atoms with Gasteiger partial charge in [0.2, 0.25) is 5.60 Å². The normalized spacial score (nSPS) is 34.0. The predicted molar refractivity (Wildman–Crippen MR) is 91.5 cm³/mol. The number of ether oxygens (including phenoxy) is 2. The van der Waals surface area contributed by atoms with Crippen molar-refractivity contribution in [3.8, 4) is 0 Å². The van der Waals surface area contributed by atoms with E-state index in [1.807, 2.05) is 0 Å². The molecule has 7 heteroatoms. The van der Waals surface area contributed by atoms with Crippen molar-refractivity contribution in [3.05, 3.63) is 12.2 Å². The Labute approximate surface area is 157 Å². The van der Waals surface area contributed by atoms with Crippen molar-refractivity contribution in [3.63, 3.8) is 0 Å². The Bertz CT molecular complexity index is 604. The lowest BCUT2D eigenvalue weighted by Gasteiger charge is -2.56. The molecule has 4 bridgehead atoms. The molecule has 152 valence electrons. The summed E-state index contributed by atoms with van der Waals surface area (Å²) in [6.45, 7) is 5.74. The summed E-state index contributed by atoms with van der Waals surface area (Å²) in [6.07, 6.45) is 0.289. The van der Waals surface area contributed by atoms with Crippen molar-refractivity contribution in [1.82, 2.24) is 0 Å². The molecule has 0 heterocycles. The number of alkyl halides is 3. The second kappa shape index (κ2) is 6.82. The van der Waals surface area contributed by atoms with Crippen LogP contribution in [0.5, 0.6) is 0 Å². The molecule has 0 spiro atoms. The van der Waals surface area contributed by atoms with Gasteiger partial charge < -0.3 is 9.47 Å². The molecule has 4 fully saturated rings. The van der Waals surface area contributed by atoms with Gasteiger partial charge >= 0.3 is 18.1 Å². The molecule has 4 saturated carbocycles. The van der Waals surface area contributed by atoms with Gasteiger partial charge in [0.15, 0.2) is 0 Å². The summed E-state index contributed by atoms with van der Waals surface area (Å²) >= 11 is 0. The van der Waals surface area contributed by atoms with Gasteiger partial charge in [-0.05, 0) is 70.1 Å². The van der Waals surface area contributed by atoms with Crippen molar-refractivity contribution < 1.29 is 32.2 Å². The molecule has 1 unspecified atom stereocenters. The maximum Gasteiger partial charge on any atom is 0.393 e. The minimum Gasteiger partial charge on any atom is -0.462 e. The first-order valence-corrected chi connectivity index (χ1v) is 9.53. The largest absolute Gasteiger partial charge is 0.462 e. The van der Waals surface area contributed by atoms with Crippen molar-refractivity contribution in [1.29, 1.82) is 0 Å². The lowest BCUT2D eigenvalue weighted by atomic mass is 9.50. The van der Waals surface area contributed by atoms with E-state index in [-0.39, 0.29) is 17.6 Å². The van der Waals surface area contributed by atoms with Crippen LogP contribution in [0.1, 0.15) is 58.8 Å². The first-order chi connectivity index (χ1) is 12.4. The van der Waals surface area contributed by atoms with Gasteiger partial charge in [0.25, 0.3) is 0 Å². The summed E-state index contributed by atoms with van der Waals surface area (Å²) in [5, 5.41) is 0. The zero-order valence-electron chi connectivity index (χ0n) is 15.9. The molecule has 4 aliphatic carbocycles. The average Bonchev–Trinajstić information content (AvgIpc) is 2.49. The minimum absolute atomic E-state index is 0.0720. The van der Waals surface area contributed by atoms with Crippen LogP contribution in [0.2, 0.25) is 0 Å². The number of rotatable bonds is 6. The number of esters is 2. The van der Waals surface area contributed by atoms with Crippen molar-refractivity contribution in [2.75, 3.05) is 6.61 Å². The van der Waals surface area contributed by atoms with Gasteiger partial charge in [0, 0.05) is 11.0 Å². The van der Waals surface area contributed by atoms with Gasteiger partial charge in [-0.15, -0.1) is 0 Å². The van der Waals surface area contributed by atoms with Gasteiger partial charge in [0.1, 0.15) is 0 Å². The first kappa shape index (κ1) is 20.2. The molecule has 0 radical (unpaired) electrons. The van der Waals surface area contributed by atoms with E-state index in [0.717, 1.165) is 26.2 Å². The molecule has 0 saturated heterocycles. The lowest BCUT2D eigenvalue weighted by molar-refractivity contribution is -0.209. The highest BCUT2D eigenvalue weighted by atomic mass is 19.4. The van der Waals surface area contributed by atoms with E-state index in [9.17, 15) is 22.8 Å². The third kappa shape index (κ3) is 4.49. The summed E-state index contributed by atoms with van der Waals surface area (Å²) in [5.41, 5.74) is -2.60. The second-order valence-corrected chi connectivity index (χ2v) is 9.19. The molecular formula is C20H27F3O4. The minimum atomic E-state index is -4.68. The molecule has 0 amide bonds. The summed E-state index contributed by atoms with van der Waals surface area (Å²) in [4.78, 5) is 24.3. The highest BCUT2D eigenvalue weighted by Crippen LogP contribution is 2.60. The number of hydrogen-bond acceptors (Lipinski definition) is 4. The maximum absolute atomic E-state index is 13.0. The van der Waals surface area contributed by atoms with Gasteiger partial charge in [-0.1, -0.05) is 6.58 Å². The van der Waals surface area contributed by atoms with Gasteiger partial charge in [-0.3, -0.25) is 0 Å². The monoisotopic (exact) mass is 388 g/mol. The van der Waals surface area contributed by atoms with Crippen LogP contribution < -0.4 is 0 Å². The average molecular weight is 388 g/mol. The van der Waals surface area contributed by atoms with Crippen LogP contribution in [0, 0.1) is 23.2 Å². The molecule has 4 aliphatic rings. The van der Waals surface area contributed by atoms with Gasteiger partial charge in [-0.2, -0.15) is 13.2 Å². The standard InChI is InChI=1S/C20H27F3O4/c1-12(2)16(24)27-18(3,10-20(21,22)23)17(25)26-11-19-7-13-4-14(8-19)6-15(5-13)9-19/h13-15H,1,4-11H2,2-3H3. The van der Waals surface area contributed by atoms with Crippen LogP contribution in [0.15, 0.2) is 12.2 Å². The number of hydrogen-bond donors (Lipinski definition) is 0. The molecule has 1 atom stereocenters. The number of carbonyl (C=O) groups is 2. The third-order valence-corrected chi connectivity index (χ3v) is 6.31. The fraction of sp³-hybridized carbons (Fsp3) is 0.800. The molecule has 0 aliphatic heterocycles. The predicted octanol–water partition coefficient (Wildman–Crippen LogP) is 4.58. The highest BCUT2D eigenvalue weighted by molar-refractivity contribution is 5.90. The van der Waals surface area contributed by atoms with E-state index in [2.05, 4.69) is 6.58 Å². The SMILES string of the molecule is C=C(C)C(=O)OC(C)(CC(F)(F)F)C(=O)OCC12CC3CC(CC(C3)C1)C2. The van der Waals surface area contributed by atoms with Gasteiger partial charge in [-0.25, -0.2) is 9.59 Å². The van der Waals surface area contributed by atoms with Gasteiger partial charge in [0.05, 0.1) is 13.0 Å². The summed E-state index contributed by atoms with van der Waals surface area (Å²) in [7, 11) is 0. The Kier molecular flexibility index (Phi) is 5.10. The fourth-order valence-corrected chi connectivity index (χ4v) is 5.66. The van der Waals surface area contributed by atoms with Crippen LogP contribution in [0.4, 0.5) is 13.2 Å². The van der Waals surface area contributed by atoms with E-state index in [1.54, 1.807) is 0 Å². The highest BCUT2D eigenvalue weighted by Gasteiger charge is 2.53. The zero-order chi connectivity index (χ0) is 20.0. The van der Waals surface area contributed by atoms with Crippen LogP contribution in [0.3, 0.4) is 0 Å². The summed E-state index contributed by atoms with van der Waals surface area (Å²) in [5.74, 6) is -0.257. The Balaban J connectivity index is 1.69. The van der Waals surface area contributed by atoms with Crippen LogP contribution in [0.25, 0.3) is 0 Å². The van der Waals surface area contributed by atoms with E-state index in [0.29, 0.717) is 17.8 Å². The summed E-state index contributed by atoms with van der Waals surface area (Å²) < 4.78 is 49.2. The Morgan fingerprint density at radius 3 is 1.96 bits per heavy atom. The van der Waals surface area contributed by atoms with Crippen molar-refractivity contribution in [2.45, 2.75) is 70.6 Å². The smallest absolute Gasteiger partial charge is 0.393 e. The summed E-state index contributed by atoms with van der Waals surface area (Å²) in [6, 6.07) is 0. The van der Waals surface area contributed by atoms with Crippen LogP contribution in [-0.4, -0.2) is 30.3 Å². The van der Waals surface area contributed by atoms with E-state index in [1.165, 1.54) is 26.2 Å². The van der Waals surface area contributed by atoms with E-state index in [4.69, 9.17) is 9.47 Å². The fourth-order valence-electron chi connectivity index (χ4n) is 5.66. The van der Waals surface area contributed by atoms with E-state index < -0.39 is 30.1 Å². The Hall–Kier alpha value is -1.53. The zero-order valence-corrected chi connectivity index (χ0v) is 15.9. The van der Waals surface area contributed by atoms with Crippen LogP contribution >= 0.6 is 0 Å². The second-order valence-electron chi connectivity index (χ2n) is 9.19. The Morgan fingerprint density at radius 2 is 1.56 bits per heavy atom. The molecule has 0 aromatic heterocycles. The molecule has 4 rings (SSSR count). The third-order valence-electron chi connectivity index (χ3n) is 6.31. The molecule has 0 aromatic rings. The Morgan fingerprint density at radius 1 is 1.07 bits per heavy atom.